The summed E-state index contributed by atoms with van der Waals surface area (Å²) in [6.07, 6.45) is 1.70. The predicted molar refractivity (Wildman–Crippen MR) is 88.4 cm³/mol. The third kappa shape index (κ3) is 2.74. The number of benzene rings is 2. The number of aromatic nitrogens is 3. The largest absolute Gasteiger partial charge is 0.415 e. The van der Waals surface area contributed by atoms with Crippen molar-refractivity contribution in [3.63, 3.8) is 0 Å². The van der Waals surface area contributed by atoms with Crippen LogP contribution in [0.3, 0.4) is 0 Å². The van der Waals surface area contributed by atoms with Crippen LogP contribution < -0.4 is 0 Å². The maximum absolute atomic E-state index is 5.72. The first kappa shape index (κ1) is 13.4. The maximum atomic E-state index is 5.72. The number of rotatable bonds is 3. The Morgan fingerprint density at radius 3 is 1.96 bits per heavy atom. The van der Waals surface area contributed by atoms with E-state index in [9.17, 15) is 0 Å². The highest BCUT2D eigenvalue weighted by molar-refractivity contribution is 5.67. The molecule has 0 aliphatic rings. The van der Waals surface area contributed by atoms with Gasteiger partial charge in [0.1, 0.15) is 5.69 Å². The molecule has 2 aromatic carbocycles. The van der Waals surface area contributed by atoms with Crippen molar-refractivity contribution < 1.29 is 4.42 Å². The second-order valence-corrected chi connectivity index (χ2v) is 5.07. The Balaban J connectivity index is 1.63. The number of pyridine rings is 1. The van der Waals surface area contributed by atoms with Gasteiger partial charge < -0.3 is 4.42 Å². The van der Waals surface area contributed by atoms with Crippen LogP contribution >= 0.6 is 0 Å². The number of hydrogen-bond donors (Lipinski definition) is 0. The summed E-state index contributed by atoms with van der Waals surface area (Å²) in [6, 6.07) is 23.9. The van der Waals surface area contributed by atoms with Gasteiger partial charge in [0.15, 0.2) is 0 Å². The molecule has 0 aliphatic heterocycles. The Kier molecular flexibility index (Phi) is 3.41. The molecular weight excluding hydrogens is 286 g/mol. The zero-order valence-corrected chi connectivity index (χ0v) is 12.3. The molecule has 110 valence electrons. The van der Waals surface area contributed by atoms with Gasteiger partial charge in [-0.2, -0.15) is 0 Å². The summed E-state index contributed by atoms with van der Waals surface area (Å²) in [7, 11) is 0. The second kappa shape index (κ2) is 5.85. The molecule has 4 aromatic rings. The lowest BCUT2D eigenvalue weighted by molar-refractivity contribution is 0.582. The van der Waals surface area contributed by atoms with E-state index in [1.54, 1.807) is 6.20 Å². The molecule has 4 nitrogen and oxygen atoms in total. The van der Waals surface area contributed by atoms with Crippen LogP contribution in [0.1, 0.15) is 0 Å². The topological polar surface area (TPSA) is 51.8 Å². The van der Waals surface area contributed by atoms with Gasteiger partial charge in [-0.05, 0) is 35.4 Å². The van der Waals surface area contributed by atoms with Crippen LogP contribution in [0.25, 0.3) is 34.2 Å². The van der Waals surface area contributed by atoms with Gasteiger partial charge in [-0.3, -0.25) is 4.98 Å². The quantitative estimate of drug-likeness (QED) is 0.560. The Morgan fingerprint density at radius 2 is 1.22 bits per heavy atom. The molecule has 0 radical (unpaired) electrons. The van der Waals surface area contributed by atoms with E-state index in [2.05, 4.69) is 39.4 Å². The first-order valence-electron chi connectivity index (χ1n) is 7.31. The van der Waals surface area contributed by atoms with E-state index < -0.39 is 0 Å². The minimum atomic E-state index is 0.424. The lowest BCUT2D eigenvalue weighted by Crippen LogP contribution is -1.80. The van der Waals surface area contributed by atoms with Crippen LogP contribution in [0, 0.1) is 0 Å². The van der Waals surface area contributed by atoms with E-state index in [-0.39, 0.29) is 0 Å². The monoisotopic (exact) mass is 299 g/mol. The number of nitrogens with zero attached hydrogens (tertiary/aromatic N) is 3. The molecule has 0 spiro atoms. The summed E-state index contributed by atoms with van der Waals surface area (Å²) in [5.41, 5.74) is 3.89. The molecular formula is C19H13N3O. The van der Waals surface area contributed by atoms with E-state index in [4.69, 9.17) is 4.42 Å². The van der Waals surface area contributed by atoms with Gasteiger partial charge in [0.05, 0.1) is 0 Å². The average Bonchev–Trinajstić information content (AvgIpc) is 3.14. The van der Waals surface area contributed by atoms with Crippen molar-refractivity contribution in [1.82, 2.24) is 15.2 Å². The molecule has 0 aliphatic carbocycles. The average molecular weight is 299 g/mol. The van der Waals surface area contributed by atoms with Crippen molar-refractivity contribution in [3.8, 4) is 34.2 Å². The summed E-state index contributed by atoms with van der Waals surface area (Å²) in [6.45, 7) is 0. The fraction of sp³-hybridized carbons (Fsp3) is 0. The minimum Gasteiger partial charge on any atom is -0.415 e. The van der Waals surface area contributed by atoms with Gasteiger partial charge in [0, 0.05) is 11.8 Å². The molecule has 4 rings (SSSR count). The van der Waals surface area contributed by atoms with E-state index in [0.717, 1.165) is 11.1 Å². The van der Waals surface area contributed by atoms with Gasteiger partial charge in [0.25, 0.3) is 5.89 Å². The van der Waals surface area contributed by atoms with E-state index in [1.165, 1.54) is 5.56 Å². The predicted octanol–water partition coefficient (Wildman–Crippen LogP) is 4.47. The summed E-state index contributed by atoms with van der Waals surface area (Å²) in [5, 5.41) is 8.17. The Labute approximate surface area is 133 Å². The van der Waals surface area contributed by atoms with Crippen molar-refractivity contribution >= 4 is 0 Å². The summed E-state index contributed by atoms with van der Waals surface area (Å²) >= 11 is 0. The van der Waals surface area contributed by atoms with Gasteiger partial charge in [-0.1, -0.05) is 48.5 Å². The highest BCUT2D eigenvalue weighted by atomic mass is 16.4. The van der Waals surface area contributed by atoms with E-state index in [1.807, 2.05) is 48.5 Å². The highest BCUT2D eigenvalue weighted by Gasteiger charge is 2.11. The molecule has 0 saturated carbocycles. The van der Waals surface area contributed by atoms with Crippen LogP contribution in [0.2, 0.25) is 0 Å². The molecule has 0 fully saturated rings. The molecule has 4 heteroatoms. The van der Waals surface area contributed by atoms with Crippen LogP contribution in [0.4, 0.5) is 0 Å². The first-order valence-corrected chi connectivity index (χ1v) is 7.31. The summed E-state index contributed by atoms with van der Waals surface area (Å²) in [5.74, 6) is 0.915. The van der Waals surface area contributed by atoms with Crippen molar-refractivity contribution in [2.45, 2.75) is 0 Å². The van der Waals surface area contributed by atoms with E-state index in [0.29, 0.717) is 17.5 Å². The van der Waals surface area contributed by atoms with Crippen molar-refractivity contribution in [2.75, 3.05) is 0 Å². The Bertz CT molecular complexity index is 900. The summed E-state index contributed by atoms with van der Waals surface area (Å²) < 4.78 is 5.72. The molecule has 23 heavy (non-hydrogen) atoms. The minimum absolute atomic E-state index is 0.424. The van der Waals surface area contributed by atoms with Gasteiger partial charge in [-0.15, -0.1) is 10.2 Å². The molecule has 0 N–H and O–H groups in total. The third-order valence-corrected chi connectivity index (χ3v) is 3.55. The van der Waals surface area contributed by atoms with Crippen LogP contribution in [0.5, 0.6) is 0 Å². The van der Waals surface area contributed by atoms with Crippen LogP contribution in [-0.2, 0) is 0 Å². The van der Waals surface area contributed by atoms with Crippen molar-refractivity contribution in [1.29, 1.82) is 0 Å². The Morgan fingerprint density at radius 1 is 0.565 bits per heavy atom. The fourth-order valence-corrected chi connectivity index (χ4v) is 2.37. The zero-order chi connectivity index (χ0) is 15.5. The fourth-order valence-electron chi connectivity index (χ4n) is 2.37. The lowest BCUT2D eigenvalue weighted by Gasteiger charge is -2.01. The third-order valence-electron chi connectivity index (χ3n) is 3.55. The van der Waals surface area contributed by atoms with Crippen molar-refractivity contribution in [3.05, 3.63) is 79.0 Å². The molecule has 0 atom stereocenters. The summed E-state index contributed by atoms with van der Waals surface area (Å²) in [4.78, 5) is 4.21. The molecule has 0 saturated heterocycles. The maximum Gasteiger partial charge on any atom is 0.266 e. The van der Waals surface area contributed by atoms with Crippen LogP contribution in [-0.4, -0.2) is 15.2 Å². The molecule has 0 unspecified atom stereocenters. The molecule has 0 bridgehead atoms. The lowest BCUT2D eigenvalue weighted by atomic mass is 10.0. The first-order chi connectivity index (χ1) is 11.4. The standard InChI is InChI=1S/C19H13N3O/c1-2-6-14(7-3-1)15-9-11-16(12-10-15)18-21-22-19(23-18)17-8-4-5-13-20-17/h1-13H. The zero-order valence-electron chi connectivity index (χ0n) is 12.3. The number of hydrogen-bond acceptors (Lipinski definition) is 4. The molecule has 2 heterocycles. The Hall–Kier alpha value is -3.27. The van der Waals surface area contributed by atoms with E-state index >= 15 is 0 Å². The smallest absolute Gasteiger partial charge is 0.266 e. The second-order valence-electron chi connectivity index (χ2n) is 5.07. The highest BCUT2D eigenvalue weighted by Crippen LogP contribution is 2.25. The van der Waals surface area contributed by atoms with Gasteiger partial charge >= 0.3 is 0 Å². The van der Waals surface area contributed by atoms with Crippen molar-refractivity contribution in [2.24, 2.45) is 0 Å². The van der Waals surface area contributed by atoms with Crippen LogP contribution in [0.15, 0.2) is 83.4 Å². The molecule has 0 amide bonds. The normalized spacial score (nSPS) is 10.6. The SMILES string of the molecule is c1ccc(-c2ccc(-c3nnc(-c4ccccn4)o3)cc2)cc1. The van der Waals surface area contributed by atoms with Gasteiger partial charge in [0.2, 0.25) is 5.89 Å². The molecule has 2 aromatic heterocycles. The van der Waals surface area contributed by atoms with Gasteiger partial charge in [-0.25, -0.2) is 0 Å².